The van der Waals surface area contributed by atoms with Crippen LogP contribution in [0, 0.1) is 11.8 Å². The molecule has 1 aliphatic heterocycles. The Balaban J connectivity index is 1.89. The van der Waals surface area contributed by atoms with Gasteiger partial charge in [0.1, 0.15) is 0 Å². The summed E-state index contributed by atoms with van der Waals surface area (Å²) in [6.45, 7) is 9.43. The highest BCUT2D eigenvalue weighted by molar-refractivity contribution is 4.88. The van der Waals surface area contributed by atoms with Gasteiger partial charge in [0.15, 0.2) is 0 Å². The molecular formula is C18H37N3. The first-order valence-electron chi connectivity index (χ1n) is 9.26. The van der Waals surface area contributed by atoms with Gasteiger partial charge in [0.2, 0.25) is 0 Å². The van der Waals surface area contributed by atoms with E-state index in [0.717, 1.165) is 30.5 Å². The summed E-state index contributed by atoms with van der Waals surface area (Å²) in [4.78, 5) is 5.09. The number of piperazine rings is 1. The summed E-state index contributed by atoms with van der Waals surface area (Å²) in [6, 6.07) is 1.46. The molecule has 0 spiro atoms. The Hall–Kier alpha value is -0.120. The SMILES string of the molecule is CCNC(CC1CN(C)CCN1C)C1CCC(CC)CC1. The molecule has 0 aromatic carbocycles. The van der Waals surface area contributed by atoms with Crippen molar-refractivity contribution in [2.24, 2.45) is 11.8 Å². The van der Waals surface area contributed by atoms with Crippen LogP contribution in [-0.4, -0.2) is 62.2 Å². The van der Waals surface area contributed by atoms with Gasteiger partial charge in [0.05, 0.1) is 0 Å². The van der Waals surface area contributed by atoms with E-state index in [1.165, 1.54) is 58.2 Å². The van der Waals surface area contributed by atoms with Gasteiger partial charge in [-0.2, -0.15) is 0 Å². The lowest BCUT2D eigenvalue weighted by molar-refractivity contribution is 0.0884. The summed E-state index contributed by atoms with van der Waals surface area (Å²) in [5.74, 6) is 1.92. The third-order valence-corrected chi connectivity index (χ3v) is 6.01. The van der Waals surface area contributed by atoms with E-state index in [4.69, 9.17) is 0 Å². The summed E-state index contributed by atoms with van der Waals surface area (Å²) in [5, 5.41) is 3.82. The zero-order chi connectivity index (χ0) is 15.2. The third-order valence-electron chi connectivity index (χ3n) is 6.01. The first-order chi connectivity index (χ1) is 10.1. The van der Waals surface area contributed by atoms with E-state index in [1.54, 1.807) is 0 Å². The number of nitrogens with zero attached hydrogens (tertiary/aromatic N) is 2. The predicted octanol–water partition coefficient (Wildman–Crippen LogP) is 2.82. The minimum Gasteiger partial charge on any atom is -0.314 e. The molecular weight excluding hydrogens is 258 g/mol. The predicted molar refractivity (Wildman–Crippen MR) is 91.7 cm³/mol. The quantitative estimate of drug-likeness (QED) is 0.813. The van der Waals surface area contributed by atoms with E-state index in [0.29, 0.717) is 0 Å². The van der Waals surface area contributed by atoms with Crippen LogP contribution in [0.3, 0.4) is 0 Å². The molecule has 0 amide bonds. The number of likely N-dealkylation sites (N-methyl/N-ethyl adjacent to an activating group) is 2. The summed E-state index contributed by atoms with van der Waals surface area (Å²) >= 11 is 0. The maximum absolute atomic E-state index is 3.82. The Morgan fingerprint density at radius 1 is 1.05 bits per heavy atom. The van der Waals surface area contributed by atoms with E-state index < -0.39 is 0 Å². The second-order valence-electron chi connectivity index (χ2n) is 7.49. The Bertz CT molecular complexity index is 286. The fraction of sp³-hybridized carbons (Fsp3) is 1.00. The highest BCUT2D eigenvalue weighted by Gasteiger charge is 2.31. The topological polar surface area (TPSA) is 18.5 Å². The zero-order valence-corrected chi connectivity index (χ0v) is 14.8. The molecule has 1 aliphatic carbocycles. The van der Waals surface area contributed by atoms with E-state index in [-0.39, 0.29) is 0 Å². The van der Waals surface area contributed by atoms with Crippen LogP contribution < -0.4 is 5.32 Å². The van der Waals surface area contributed by atoms with Crippen molar-refractivity contribution in [2.45, 2.75) is 64.5 Å². The summed E-state index contributed by atoms with van der Waals surface area (Å²) < 4.78 is 0. The number of nitrogens with one attached hydrogen (secondary N) is 1. The fourth-order valence-electron chi connectivity index (χ4n) is 4.35. The molecule has 2 fully saturated rings. The lowest BCUT2D eigenvalue weighted by Gasteiger charge is -2.42. The molecule has 2 rings (SSSR count). The molecule has 3 heteroatoms. The Labute approximate surface area is 132 Å². The van der Waals surface area contributed by atoms with Crippen molar-refractivity contribution < 1.29 is 0 Å². The average molecular weight is 296 g/mol. The summed E-state index contributed by atoms with van der Waals surface area (Å²) in [5.41, 5.74) is 0. The number of rotatable bonds is 6. The van der Waals surface area contributed by atoms with E-state index in [9.17, 15) is 0 Å². The van der Waals surface area contributed by atoms with Crippen LogP contribution in [0.25, 0.3) is 0 Å². The molecule has 1 saturated heterocycles. The molecule has 0 aromatic heterocycles. The van der Waals surface area contributed by atoms with Gasteiger partial charge in [-0.15, -0.1) is 0 Å². The Kier molecular flexibility index (Phi) is 6.97. The molecule has 0 bridgehead atoms. The molecule has 2 aliphatic rings. The van der Waals surface area contributed by atoms with Crippen molar-refractivity contribution in [3.8, 4) is 0 Å². The molecule has 2 atom stereocenters. The van der Waals surface area contributed by atoms with E-state index >= 15 is 0 Å². The van der Waals surface area contributed by atoms with Crippen molar-refractivity contribution >= 4 is 0 Å². The molecule has 21 heavy (non-hydrogen) atoms. The maximum atomic E-state index is 3.82. The molecule has 0 aromatic rings. The second-order valence-corrected chi connectivity index (χ2v) is 7.49. The van der Waals surface area contributed by atoms with Gasteiger partial charge in [-0.25, -0.2) is 0 Å². The van der Waals surface area contributed by atoms with Crippen LogP contribution in [0.4, 0.5) is 0 Å². The van der Waals surface area contributed by atoms with Crippen LogP contribution in [0.15, 0.2) is 0 Å². The smallest absolute Gasteiger partial charge is 0.0235 e. The highest BCUT2D eigenvalue weighted by Crippen LogP contribution is 2.34. The van der Waals surface area contributed by atoms with Crippen molar-refractivity contribution in [1.82, 2.24) is 15.1 Å². The Morgan fingerprint density at radius 2 is 1.76 bits per heavy atom. The average Bonchev–Trinajstić information content (AvgIpc) is 2.50. The van der Waals surface area contributed by atoms with E-state index in [2.05, 4.69) is 43.1 Å². The fourth-order valence-corrected chi connectivity index (χ4v) is 4.35. The van der Waals surface area contributed by atoms with Gasteiger partial charge < -0.3 is 15.1 Å². The molecule has 124 valence electrons. The van der Waals surface area contributed by atoms with Gasteiger partial charge in [-0.1, -0.05) is 33.1 Å². The molecule has 0 radical (unpaired) electrons. The van der Waals surface area contributed by atoms with Crippen LogP contribution in [-0.2, 0) is 0 Å². The normalized spacial score (nSPS) is 34.0. The molecule has 1 heterocycles. The van der Waals surface area contributed by atoms with Crippen molar-refractivity contribution in [3.05, 3.63) is 0 Å². The number of hydrogen-bond donors (Lipinski definition) is 1. The molecule has 2 unspecified atom stereocenters. The lowest BCUT2D eigenvalue weighted by Crippen LogP contribution is -2.53. The maximum Gasteiger partial charge on any atom is 0.0235 e. The number of hydrogen-bond acceptors (Lipinski definition) is 3. The van der Waals surface area contributed by atoms with Crippen molar-refractivity contribution in [3.63, 3.8) is 0 Å². The van der Waals surface area contributed by atoms with Crippen LogP contribution in [0.2, 0.25) is 0 Å². The van der Waals surface area contributed by atoms with Crippen LogP contribution in [0.5, 0.6) is 0 Å². The van der Waals surface area contributed by atoms with Crippen LogP contribution >= 0.6 is 0 Å². The first kappa shape index (κ1) is 17.2. The van der Waals surface area contributed by atoms with Crippen molar-refractivity contribution in [2.75, 3.05) is 40.3 Å². The highest BCUT2D eigenvalue weighted by atomic mass is 15.3. The molecule has 3 nitrogen and oxygen atoms in total. The minimum atomic E-state index is 0.728. The second kappa shape index (κ2) is 8.50. The minimum absolute atomic E-state index is 0.728. The summed E-state index contributed by atoms with van der Waals surface area (Å²) in [7, 11) is 4.59. The Morgan fingerprint density at radius 3 is 2.38 bits per heavy atom. The van der Waals surface area contributed by atoms with Crippen molar-refractivity contribution in [1.29, 1.82) is 0 Å². The van der Waals surface area contributed by atoms with Gasteiger partial charge in [0, 0.05) is 31.7 Å². The standard InChI is InChI=1S/C18H37N3/c1-5-15-7-9-16(10-8-15)18(19-6-2)13-17-14-20(3)11-12-21(17)4/h15-19H,5-14H2,1-4H3. The van der Waals surface area contributed by atoms with Gasteiger partial charge in [0.25, 0.3) is 0 Å². The lowest BCUT2D eigenvalue weighted by atomic mass is 9.76. The van der Waals surface area contributed by atoms with Gasteiger partial charge >= 0.3 is 0 Å². The molecule has 1 saturated carbocycles. The third kappa shape index (κ3) is 4.94. The van der Waals surface area contributed by atoms with Crippen LogP contribution in [0.1, 0.15) is 52.4 Å². The monoisotopic (exact) mass is 295 g/mol. The molecule has 1 N–H and O–H groups in total. The van der Waals surface area contributed by atoms with E-state index in [1.807, 2.05) is 0 Å². The zero-order valence-electron chi connectivity index (χ0n) is 14.8. The first-order valence-corrected chi connectivity index (χ1v) is 9.26. The van der Waals surface area contributed by atoms with Gasteiger partial charge in [-0.3, -0.25) is 0 Å². The summed E-state index contributed by atoms with van der Waals surface area (Å²) in [6.07, 6.45) is 8.53. The van der Waals surface area contributed by atoms with Gasteiger partial charge in [-0.05, 0) is 51.7 Å². The largest absolute Gasteiger partial charge is 0.314 e.